The molecular formula is C15H23N3OS. The number of rotatable bonds is 7. The maximum atomic E-state index is 11.0. The van der Waals surface area contributed by atoms with Crippen molar-refractivity contribution in [2.24, 2.45) is 0 Å². The Hall–Kier alpha value is -1.62. The van der Waals surface area contributed by atoms with E-state index in [4.69, 9.17) is 12.2 Å². The van der Waals surface area contributed by atoms with Crippen LogP contribution in [-0.2, 0) is 4.79 Å². The number of carbonyl (C=O) groups excluding carboxylic acids is 1. The lowest BCUT2D eigenvalue weighted by Crippen LogP contribution is -2.29. The number of amides is 1. The van der Waals surface area contributed by atoms with Gasteiger partial charge in [0.1, 0.15) is 0 Å². The third-order valence-corrected chi connectivity index (χ3v) is 3.20. The minimum atomic E-state index is 0.106. The van der Waals surface area contributed by atoms with Gasteiger partial charge in [0.15, 0.2) is 5.11 Å². The molecule has 0 spiro atoms. The fraction of sp³-hybridized carbons (Fsp3) is 0.467. The smallest absolute Gasteiger partial charge is 0.219 e. The van der Waals surface area contributed by atoms with Gasteiger partial charge >= 0.3 is 0 Å². The summed E-state index contributed by atoms with van der Waals surface area (Å²) in [6, 6.07) is 8.10. The molecule has 1 rings (SSSR count). The van der Waals surface area contributed by atoms with Gasteiger partial charge in [-0.25, -0.2) is 0 Å². The SMILES string of the molecule is CNC(=O)CCCCCNC(=S)Nc1ccc(C)cc1. The molecule has 20 heavy (non-hydrogen) atoms. The first-order valence-corrected chi connectivity index (χ1v) is 7.34. The number of hydrogen-bond acceptors (Lipinski definition) is 2. The molecule has 0 aromatic heterocycles. The topological polar surface area (TPSA) is 53.2 Å². The molecule has 0 saturated heterocycles. The first kappa shape index (κ1) is 16.4. The highest BCUT2D eigenvalue weighted by Crippen LogP contribution is 2.08. The van der Waals surface area contributed by atoms with Gasteiger partial charge in [0.05, 0.1) is 0 Å². The lowest BCUT2D eigenvalue weighted by Gasteiger charge is -2.10. The highest BCUT2D eigenvalue weighted by molar-refractivity contribution is 7.80. The zero-order valence-electron chi connectivity index (χ0n) is 12.2. The highest BCUT2D eigenvalue weighted by atomic mass is 32.1. The Balaban J connectivity index is 2.08. The molecule has 0 aliphatic heterocycles. The zero-order chi connectivity index (χ0) is 14.8. The van der Waals surface area contributed by atoms with E-state index in [0.29, 0.717) is 11.5 Å². The Morgan fingerprint density at radius 1 is 1.15 bits per heavy atom. The number of unbranched alkanes of at least 4 members (excludes halogenated alkanes) is 2. The summed E-state index contributed by atoms with van der Waals surface area (Å²) in [5.74, 6) is 0.106. The first-order chi connectivity index (χ1) is 9.61. The Kier molecular flexibility index (Phi) is 7.65. The standard InChI is InChI=1S/C15H23N3OS/c1-12-7-9-13(10-8-12)18-15(20)17-11-5-3-4-6-14(19)16-2/h7-10H,3-6,11H2,1-2H3,(H,16,19)(H2,17,18,20). The lowest BCUT2D eigenvalue weighted by molar-refractivity contribution is -0.120. The molecular weight excluding hydrogens is 270 g/mol. The summed E-state index contributed by atoms with van der Waals surface area (Å²) < 4.78 is 0. The van der Waals surface area contributed by atoms with Crippen LogP contribution in [0.1, 0.15) is 31.2 Å². The molecule has 0 unspecified atom stereocenters. The fourth-order valence-corrected chi connectivity index (χ4v) is 1.95. The molecule has 1 amide bonds. The molecule has 0 radical (unpaired) electrons. The molecule has 3 N–H and O–H groups in total. The van der Waals surface area contributed by atoms with Crippen LogP contribution in [-0.4, -0.2) is 24.6 Å². The van der Waals surface area contributed by atoms with Crippen LogP contribution >= 0.6 is 12.2 Å². The molecule has 0 fully saturated rings. The second-order valence-electron chi connectivity index (χ2n) is 4.73. The summed E-state index contributed by atoms with van der Waals surface area (Å²) in [4.78, 5) is 11.0. The van der Waals surface area contributed by atoms with Crippen molar-refractivity contribution < 1.29 is 4.79 Å². The molecule has 4 nitrogen and oxygen atoms in total. The summed E-state index contributed by atoms with van der Waals surface area (Å²) in [7, 11) is 1.67. The maximum absolute atomic E-state index is 11.0. The van der Waals surface area contributed by atoms with E-state index in [0.717, 1.165) is 31.5 Å². The average Bonchev–Trinajstić information content (AvgIpc) is 2.44. The summed E-state index contributed by atoms with van der Waals surface area (Å²) in [6.07, 6.45) is 3.54. The lowest BCUT2D eigenvalue weighted by atomic mass is 10.2. The van der Waals surface area contributed by atoms with Crippen molar-refractivity contribution in [3.05, 3.63) is 29.8 Å². The molecule has 0 aliphatic rings. The van der Waals surface area contributed by atoms with E-state index in [1.807, 2.05) is 24.3 Å². The number of carbonyl (C=O) groups is 1. The van der Waals surface area contributed by atoms with E-state index >= 15 is 0 Å². The van der Waals surface area contributed by atoms with Gasteiger partial charge in [-0.3, -0.25) is 4.79 Å². The number of aryl methyl sites for hydroxylation is 1. The monoisotopic (exact) mass is 293 g/mol. The van der Waals surface area contributed by atoms with Crippen LogP contribution in [0.2, 0.25) is 0 Å². The second-order valence-corrected chi connectivity index (χ2v) is 5.14. The minimum Gasteiger partial charge on any atom is -0.362 e. The Morgan fingerprint density at radius 3 is 2.50 bits per heavy atom. The summed E-state index contributed by atoms with van der Waals surface area (Å²) in [5, 5.41) is 9.57. The molecule has 0 atom stereocenters. The van der Waals surface area contributed by atoms with Crippen LogP contribution in [0.25, 0.3) is 0 Å². The van der Waals surface area contributed by atoms with Crippen LogP contribution in [0.15, 0.2) is 24.3 Å². The van der Waals surface area contributed by atoms with Gasteiger partial charge in [0.25, 0.3) is 0 Å². The largest absolute Gasteiger partial charge is 0.362 e. The summed E-state index contributed by atoms with van der Waals surface area (Å²) in [5.41, 5.74) is 2.22. The van der Waals surface area contributed by atoms with E-state index in [9.17, 15) is 4.79 Å². The predicted octanol–water partition coefficient (Wildman–Crippen LogP) is 2.59. The Bertz CT molecular complexity index is 431. The molecule has 0 aliphatic carbocycles. The normalized spacial score (nSPS) is 9.90. The molecule has 110 valence electrons. The van der Waals surface area contributed by atoms with Crippen molar-refractivity contribution in [1.82, 2.24) is 10.6 Å². The molecule has 1 aromatic rings. The molecule has 0 saturated carbocycles. The van der Waals surface area contributed by atoms with E-state index in [1.54, 1.807) is 7.05 Å². The van der Waals surface area contributed by atoms with Crippen LogP contribution in [0.5, 0.6) is 0 Å². The minimum absolute atomic E-state index is 0.106. The van der Waals surface area contributed by atoms with Crippen molar-refractivity contribution in [3.63, 3.8) is 0 Å². The Morgan fingerprint density at radius 2 is 1.85 bits per heavy atom. The van der Waals surface area contributed by atoms with Crippen molar-refractivity contribution in [1.29, 1.82) is 0 Å². The number of anilines is 1. The van der Waals surface area contributed by atoms with Crippen LogP contribution in [0, 0.1) is 6.92 Å². The maximum Gasteiger partial charge on any atom is 0.219 e. The summed E-state index contributed by atoms with van der Waals surface area (Å²) in [6.45, 7) is 2.88. The third kappa shape index (κ3) is 7.09. The van der Waals surface area contributed by atoms with Crippen molar-refractivity contribution >= 4 is 28.9 Å². The summed E-state index contributed by atoms with van der Waals surface area (Å²) >= 11 is 5.22. The average molecular weight is 293 g/mol. The zero-order valence-corrected chi connectivity index (χ0v) is 13.0. The van der Waals surface area contributed by atoms with Crippen molar-refractivity contribution in [3.8, 4) is 0 Å². The van der Waals surface area contributed by atoms with Crippen molar-refractivity contribution in [2.75, 3.05) is 18.9 Å². The first-order valence-electron chi connectivity index (χ1n) is 6.94. The highest BCUT2D eigenvalue weighted by Gasteiger charge is 1.99. The molecule has 1 aromatic carbocycles. The second kappa shape index (κ2) is 9.31. The van der Waals surface area contributed by atoms with E-state index in [2.05, 4.69) is 22.9 Å². The van der Waals surface area contributed by atoms with Crippen LogP contribution < -0.4 is 16.0 Å². The van der Waals surface area contributed by atoms with Gasteiger partial charge in [-0.15, -0.1) is 0 Å². The van der Waals surface area contributed by atoms with Gasteiger partial charge < -0.3 is 16.0 Å². The number of benzene rings is 1. The van der Waals surface area contributed by atoms with E-state index in [1.165, 1.54) is 5.56 Å². The van der Waals surface area contributed by atoms with Gasteiger partial charge in [-0.2, -0.15) is 0 Å². The molecule has 5 heteroatoms. The van der Waals surface area contributed by atoms with Gasteiger partial charge in [0.2, 0.25) is 5.91 Å². The Labute approximate surface area is 126 Å². The number of hydrogen-bond donors (Lipinski definition) is 3. The van der Waals surface area contributed by atoms with Crippen molar-refractivity contribution in [2.45, 2.75) is 32.6 Å². The molecule has 0 heterocycles. The quantitative estimate of drug-likeness (QED) is 0.534. The third-order valence-electron chi connectivity index (χ3n) is 2.95. The number of thiocarbonyl (C=S) groups is 1. The molecule has 0 bridgehead atoms. The van der Waals surface area contributed by atoms with Gasteiger partial charge in [0, 0.05) is 25.7 Å². The van der Waals surface area contributed by atoms with E-state index in [-0.39, 0.29) is 5.91 Å². The van der Waals surface area contributed by atoms with Gasteiger partial charge in [-0.05, 0) is 44.1 Å². The van der Waals surface area contributed by atoms with E-state index < -0.39 is 0 Å². The number of nitrogens with one attached hydrogen (secondary N) is 3. The van der Waals surface area contributed by atoms with Crippen LogP contribution in [0.4, 0.5) is 5.69 Å². The van der Waals surface area contributed by atoms with Gasteiger partial charge in [-0.1, -0.05) is 24.1 Å². The predicted molar refractivity (Wildman–Crippen MR) is 87.9 cm³/mol. The van der Waals surface area contributed by atoms with Crippen LogP contribution in [0.3, 0.4) is 0 Å². The fourth-order valence-electron chi connectivity index (χ4n) is 1.73.